The molecule has 2 aliphatic rings. The van der Waals surface area contributed by atoms with E-state index in [1.54, 1.807) is 11.0 Å². The maximum Gasteiger partial charge on any atom is 0.257 e. The van der Waals surface area contributed by atoms with Gasteiger partial charge in [0.2, 0.25) is 6.79 Å². The summed E-state index contributed by atoms with van der Waals surface area (Å²) in [7, 11) is -3.53. The fraction of sp³-hybridized carbons (Fsp3) is 0.350. The van der Waals surface area contributed by atoms with E-state index in [1.807, 2.05) is 12.1 Å². The summed E-state index contributed by atoms with van der Waals surface area (Å²) < 4.78 is 49.4. The fourth-order valence-corrected chi connectivity index (χ4v) is 4.57. The second kappa shape index (κ2) is 7.09. The van der Waals surface area contributed by atoms with E-state index in [9.17, 15) is 17.6 Å². The number of nitrogens with zero attached hydrogens (tertiary/aromatic N) is 1. The van der Waals surface area contributed by atoms with Crippen molar-refractivity contribution in [3.63, 3.8) is 0 Å². The lowest BCUT2D eigenvalue weighted by Crippen LogP contribution is -2.31. The largest absolute Gasteiger partial charge is 0.454 e. The van der Waals surface area contributed by atoms with Gasteiger partial charge in [-0.2, -0.15) is 0 Å². The van der Waals surface area contributed by atoms with Crippen LogP contribution >= 0.6 is 0 Å². The molecule has 0 bridgehead atoms. The number of halogens is 1. The highest BCUT2D eigenvalue weighted by Gasteiger charge is 2.33. The Bertz CT molecular complexity index is 1040. The second-order valence-corrected chi connectivity index (χ2v) is 9.09. The Morgan fingerprint density at radius 3 is 2.75 bits per heavy atom. The Morgan fingerprint density at radius 1 is 1.18 bits per heavy atom. The minimum Gasteiger partial charge on any atom is -0.454 e. The van der Waals surface area contributed by atoms with Crippen LogP contribution in [-0.2, 0) is 9.84 Å². The summed E-state index contributed by atoms with van der Waals surface area (Å²) in [4.78, 5) is 14.6. The van der Waals surface area contributed by atoms with E-state index < -0.39 is 21.6 Å². The molecular weight excluding hydrogens is 385 g/mol. The average molecular weight is 405 g/mol. The molecule has 1 fully saturated rings. The fourth-order valence-electron chi connectivity index (χ4n) is 3.66. The highest BCUT2D eigenvalue weighted by Crippen LogP contribution is 2.39. The van der Waals surface area contributed by atoms with E-state index in [-0.39, 0.29) is 29.0 Å². The molecule has 2 aliphatic heterocycles. The minimum absolute atomic E-state index is 0.0430. The topological polar surface area (TPSA) is 72.9 Å². The number of amides is 1. The van der Waals surface area contributed by atoms with Crippen LogP contribution in [0.3, 0.4) is 0 Å². The zero-order valence-corrected chi connectivity index (χ0v) is 16.2. The predicted octanol–water partition coefficient (Wildman–Crippen LogP) is 3.33. The van der Waals surface area contributed by atoms with Gasteiger partial charge in [0.15, 0.2) is 21.3 Å². The van der Waals surface area contributed by atoms with Crippen LogP contribution in [0.15, 0.2) is 41.3 Å². The van der Waals surface area contributed by atoms with Gasteiger partial charge in [-0.05, 0) is 48.7 Å². The number of carbonyl (C=O) groups is 1. The Hall–Kier alpha value is -2.61. The summed E-state index contributed by atoms with van der Waals surface area (Å²) in [5, 5.41) is 0. The molecule has 28 heavy (non-hydrogen) atoms. The lowest BCUT2D eigenvalue weighted by atomic mass is 10.0. The zero-order chi connectivity index (χ0) is 19.9. The molecule has 0 aliphatic carbocycles. The number of likely N-dealkylation sites (tertiary alicyclic amines) is 1. The first-order valence-electron chi connectivity index (χ1n) is 9.13. The molecule has 8 heteroatoms. The molecule has 0 spiro atoms. The second-order valence-electron chi connectivity index (χ2n) is 6.81. The zero-order valence-electron chi connectivity index (χ0n) is 15.4. The molecule has 0 N–H and O–H groups in total. The smallest absolute Gasteiger partial charge is 0.257 e. The van der Waals surface area contributed by atoms with Gasteiger partial charge in [0.05, 0.1) is 22.3 Å². The molecule has 1 atom stereocenters. The van der Waals surface area contributed by atoms with Crippen LogP contribution in [0, 0.1) is 5.82 Å². The summed E-state index contributed by atoms with van der Waals surface area (Å²) >= 11 is 0. The van der Waals surface area contributed by atoms with Crippen LogP contribution in [0.2, 0.25) is 0 Å². The van der Waals surface area contributed by atoms with Crippen LogP contribution < -0.4 is 9.47 Å². The number of ether oxygens (including phenoxy) is 2. The maximum atomic E-state index is 14.4. The van der Waals surface area contributed by atoms with Gasteiger partial charge >= 0.3 is 0 Å². The monoisotopic (exact) mass is 405 g/mol. The van der Waals surface area contributed by atoms with Crippen molar-refractivity contribution in [3.05, 3.63) is 53.3 Å². The van der Waals surface area contributed by atoms with Crippen LogP contribution in [0.4, 0.5) is 4.39 Å². The Labute approximate surface area is 162 Å². The number of hydrogen-bond donors (Lipinski definition) is 0. The summed E-state index contributed by atoms with van der Waals surface area (Å²) in [6, 6.07) is 8.67. The molecule has 0 aromatic heterocycles. The lowest BCUT2D eigenvalue weighted by Gasteiger charge is -2.25. The number of benzene rings is 2. The van der Waals surface area contributed by atoms with E-state index in [4.69, 9.17) is 9.47 Å². The van der Waals surface area contributed by atoms with Gasteiger partial charge in [0, 0.05) is 6.54 Å². The van der Waals surface area contributed by atoms with Crippen LogP contribution in [0.25, 0.3) is 0 Å². The van der Waals surface area contributed by atoms with Gasteiger partial charge in [-0.15, -0.1) is 0 Å². The summed E-state index contributed by atoms with van der Waals surface area (Å²) in [6.07, 6.45) is 1.51. The van der Waals surface area contributed by atoms with Gasteiger partial charge in [-0.3, -0.25) is 4.79 Å². The molecule has 1 saturated heterocycles. The Kier molecular flexibility index (Phi) is 4.74. The van der Waals surface area contributed by atoms with E-state index in [0.29, 0.717) is 18.0 Å². The van der Waals surface area contributed by atoms with Crippen molar-refractivity contribution in [2.45, 2.75) is 30.7 Å². The molecule has 4 rings (SSSR count). The van der Waals surface area contributed by atoms with E-state index >= 15 is 0 Å². The molecule has 0 radical (unpaired) electrons. The first kappa shape index (κ1) is 18.7. The number of fused-ring (bicyclic) bond motifs is 1. The normalized spacial score (nSPS) is 18.5. The maximum absolute atomic E-state index is 14.4. The molecule has 2 aromatic carbocycles. The molecular formula is C20H20FNO5S. The standard InChI is InChI=1S/C20H20FNO5S/c1-2-28(24,25)14-6-7-16(21)15(11-14)20(23)22-9-3-4-17(22)13-5-8-18-19(10-13)27-12-26-18/h5-8,10-11,17H,2-4,9,12H2,1H3. The number of rotatable bonds is 4. The summed E-state index contributed by atoms with van der Waals surface area (Å²) in [6.45, 7) is 2.15. The molecule has 0 saturated carbocycles. The van der Waals surface area contributed by atoms with E-state index in [1.165, 1.54) is 13.0 Å². The van der Waals surface area contributed by atoms with Crippen molar-refractivity contribution in [1.82, 2.24) is 4.90 Å². The highest BCUT2D eigenvalue weighted by molar-refractivity contribution is 7.91. The molecule has 2 heterocycles. The van der Waals surface area contributed by atoms with Crippen LogP contribution in [-0.4, -0.2) is 38.3 Å². The van der Waals surface area contributed by atoms with Crippen molar-refractivity contribution in [2.75, 3.05) is 19.1 Å². The van der Waals surface area contributed by atoms with Crippen LogP contribution in [0.5, 0.6) is 11.5 Å². The van der Waals surface area contributed by atoms with Gasteiger partial charge < -0.3 is 14.4 Å². The van der Waals surface area contributed by atoms with Crippen LogP contribution in [0.1, 0.15) is 41.7 Å². The third-order valence-corrected chi connectivity index (χ3v) is 6.93. The minimum atomic E-state index is -3.53. The SMILES string of the molecule is CCS(=O)(=O)c1ccc(F)c(C(=O)N2CCCC2c2ccc3c(c2)OCO3)c1. The van der Waals surface area contributed by atoms with Gasteiger partial charge in [0.1, 0.15) is 5.82 Å². The van der Waals surface area contributed by atoms with Crippen molar-refractivity contribution in [1.29, 1.82) is 0 Å². The molecule has 1 amide bonds. The van der Waals surface area contributed by atoms with Crippen molar-refractivity contribution in [2.24, 2.45) is 0 Å². The number of carbonyl (C=O) groups excluding carboxylic acids is 1. The molecule has 2 aromatic rings. The Balaban J connectivity index is 1.67. The molecule has 148 valence electrons. The summed E-state index contributed by atoms with van der Waals surface area (Å²) in [5.74, 6) is -0.0696. The first-order valence-corrected chi connectivity index (χ1v) is 10.8. The van der Waals surface area contributed by atoms with Crippen molar-refractivity contribution in [3.8, 4) is 11.5 Å². The number of sulfone groups is 1. The summed E-state index contributed by atoms with van der Waals surface area (Å²) in [5.41, 5.74) is 0.662. The van der Waals surface area contributed by atoms with E-state index in [2.05, 4.69) is 0 Å². The lowest BCUT2D eigenvalue weighted by molar-refractivity contribution is 0.0730. The average Bonchev–Trinajstić information content (AvgIpc) is 3.36. The number of hydrogen-bond acceptors (Lipinski definition) is 5. The molecule has 6 nitrogen and oxygen atoms in total. The quantitative estimate of drug-likeness (QED) is 0.730. The van der Waals surface area contributed by atoms with Gasteiger partial charge in [-0.25, -0.2) is 12.8 Å². The van der Waals surface area contributed by atoms with Crippen molar-refractivity contribution >= 4 is 15.7 Å². The van der Waals surface area contributed by atoms with Crippen molar-refractivity contribution < 1.29 is 27.1 Å². The predicted molar refractivity (Wildman–Crippen MR) is 99.7 cm³/mol. The van der Waals surface area contributed by atoms with Gasteiger partial charge in [0.25, 0.3) is 5.91 Å². The first-order chi connectivity index (χ1) is 13.4. The third-order valence-electron chi connectivity index (χ3n) is 5.20. The van der Waals surface area contributed by atoms with Gasteiger partial charge in [-0.1, -0.05) is 13.0 Å². The Morgan fingerprint density at radius 2 is 1.96 bits per heavy atom. The third kappa shape index (κ3) is 3.22. The van der Waals surface area contributed by atoms with E-state index in [0.717, 1.165) is 30.5 Å². The highest BCUT2D eigenvalue weighted by atomic mass is 32.2. The molecule has 1 unspecified atom stereocenters.